The number of hydrogen-bond donors (Lipinski definition) is 0. The van der Waals surface area contributed by atoms with Crippen LogP contribution in [0.4, 0.5) is 0 Å². The molecule has 0 N–H and O–H groups in total. The predicted octanol–water partition coefficient (Wildman–Crippen LogP) is 1.67. The van der Waals surface area contributed by atoms with Crippen LogP contribution in [-0.4, -0.2) is 33.9 Å². The highest BCUT2D eigenvalue weighted by Gasteiger charge is 2.18. The monoisotopic (exact) mass is 275 g/mol. The number of aromatic nitrogens is 3. The van der Waals surface area contributed by atoms with E-state index >= 15 is 0 Å². The first kappa shape index (κ1) is 14.0. The van der Waals surface area contributed by atoms with Crippen LogP contribution in [0.1, 0.15) is 21.7 Å². The number of carbonyl (C=O) groups excluding carboxylic acids is 1. The van der Waals surface area contributed by atoms with Crippen molar-refractivity contribution in [1.82, 2.24) is 14.8 Å². The summed E-state index contributed by atoms with van der Waals surface area (Å²) in [6.07, 6.45) is 3.28. The van der Waals surface area contributed by atoms with Crippen LogP contribution in [0.5, 0.6) is 5.75 Å². The summed E-state index contributed by atoms with van der Waals surface area (Å²) in [7, 11) is 1.80. The van der Waals surface area contributed by atoms with Gasteiger partial charge in [0.25, 0.3) is 0 Å². The van der Waals surface area contributed by atoms with Gasteiger partial charge in [-0.2, -0.15) is 5.10 Å². The second-order valence-electron chi connectivity index (χ2n) is 4.34. The van der Waals surface area contributed by atoms with Crippen LogP contribution in [0.2, 0.25) is 0 Å². The third-order valence-electron chi connectivity index (χ3n) is 2.93. The fourth-order valence-electron chi connectivity index (χ4n) is 1.87. The maximum Gasteiger partial charge on any atom is 0.342 e. The Morgan fingerprint density at radius 1 is 1.35 bits per heavy atom. The lowest BCUT2D eigenvalue weighted by atomic mass is 10.2. The third-order valence-corrected chi connectivity index (χ3v) is 2.93. The highest BCUT2D eigenvalue weighted by molar-refractivity contribution is 5.91. The SMILES string of the molecule is Cc1nn(C)c(C)c1C(=O)OCCOc1cccnc1. The summed E-state index contributed by atoms with van der Waals surface area (Å²) in [6.45, 7) is 4.09. The standard InChI is InChI=1S/C14H17N3O3/c1-10-13(11(2)17(3)16-10)14(18)20-8-7-19-12-5-4-6-15-9-12/h4-6,9H,7-8H2,1-3H3. The second kappa shape index (κ2) is 6.18. The fourth-order valence-corrected chi connectivity index (χ4v) is 1.87. The van der Waals surface area contributed by atoms with E-state index in [1.165, 1.54) is 0 Å². The van der Waals surface area contributed by atoms with E-state index in [1.54, 1.807) is 43.2 Å². The molecule has 106 valence electrons. The van der Waals surface area contributed by atoms with Gasteiger partial charge in [0, 0.05) is 18.9 Å². The lowest BCUT2D eigenvalue weighted by molar-refractivity contribution is 0.0448. The molecule has 0 unspecified atom stereocenters. The molecular formula is C14H17N3O3. The molecule has 6 heteroatoms. The van der Waals surface area contributed by atoms with Crippen molar-refractivity contribution in [1.29, 1.82) is 0 Å². The molecular weight excluding hydrogens is 258 g/mol. The Morgan fingerprint density at radius 3 is 2.75 bits per heavy atom. The van der Waals surface area contributed by atoms with Gasteiger partial charge < -0.3 is 9.47 Å². The Morgan fingerprint density at radius 2 is 2.15 bits per heavy atom. The molecule has 0 amide bonds. The molecule has 0 fully saturated rings. The summed E-state index contributed by atoms with van der Waals surface area (Å²) in [5.41, 5.74) is 1.98. The van der Waals surface area contributed by atoms with E-state index in [1.807, 2.05) is 6.92 Å². The highest BCUT2D eigenvalue weighted by atomic mass is 16.6. The molecule has 0 aliphatic carbocycles. The number of hydrogen-bond acceptors (Lipinski definition) is 5. The van der Waals surface area contributed by atoms with E-state index in [2.05, 4.69) is 10.1 Å². The average molecular weight is 275 g/mol. The number of pyridine rings is 1. The minimum atomic E-state index is -0.372. The molecule has 0 saturated carbocycles. The first-order valence-electron chi connectivity index (χ1n) is 6.29. The molecule has 0 aliphatic heterocycles. The fraction of sp³-hybridized carbons (Fsp3) is 0.357. The zero-order valence-electron chi connectivity index (χ0n) is 11.8. The minimum Gasteiger partial charge on any atom is -0.488 e. The Balaban J connectivity index is 1.84. The molecule has 0 saturated heterocycles. The maximum absolute atomic E-state index is 12.0. The summed E-state index contributed by atoms with van der Waals surface area (Å²) in [4.78, 5) is 15.9. The van der Waals surface area contributed by atoms with Gasteiger partial charge in [-0.05, 0) is 26.0 Å². The number of ether oxygens (including phenoxy) is 2. The van der Waals surface area contributed by atoms with E-state index < -0.39 is 0 Å². The molecule has 0 aliphatic rings. The number of nitrogens with zero attached hydrogens (tertiary/aromatic N) is 3. The van der Waals surface area contributed by atoms with Crippen molar-refractivity contribution in [2.45, 2.75) is 13.8 Å². The lowest BCUT2D eigenvalue weighted by Crippen LogP contribution is -2.13. The number of carbonyl (C=O) groups is 1. The molecule has 0 atom stereocenters. The smallest absolute Gasteiger partial charge is 0.342 e. The number of rotatable bonds is 5. The zero-order chi connectivity index (χ0) is 14.5. The summed E-state index contributed by atoms with van der Waals surface area (Å²) in [6, 6.07) is 3.58. The molecule has 0 radical (unpaired) electrons. The van der Waals surface area contributed by atoms with Gasteiger partial charge in [-0.25, -0.2) is 4.79 Å². The minimum absolute atomic E-state index is 0.182. The number of esters is 1. The van der Waals surface area contributed by atoms with E-state index in [0.717, 1.165) is 5.69 Å². The van der Waals surface area contributed by atoms with Gasteiger partial charge >= 0.3 is 5.97 Å². The van der Waals surface area contributed by atoms with Crippen LogP contribution < -0.4 is 4.74 Å². The van der Waals surface area contributed by atoms with Crippen molar-refractivity contribution in [2.75, 3.05) is 13.2 Å². The lowest BCUT2D eigenvalue weighted by Gasteiger charge is -2.07. The summed E-state index contributed by atoms with van der Waals surface area (Å²) < 4.78 is 12.2. The van der Waals surface area contributed by atoms with Crippen molar-refractivity contribution in [3.05, 3.63) is 41.5 Å². The molecule has 0 aromatic carbocycles. The highest BCUT2D eigenvalue weighted by Crippen LogP contribution is 2.13. The largest absolute Gasteiger partial charge is 0.488 e. The van der Waals surface area contributed by atoms with Crippen molar-refractivity contribution in [3.8, 4) is 5.75 Å². The Bertz CT molecular complexity index is 593. The van der Waals surface area contributed by atoms with E-state index in [4.69, 9.17) is 9.47 Å². The summed E-state index contributed by atoms with van der Waals surface area (Å²) in [5.74, 6) is 0.278. The predicted molar refractivity (Wildman–Crippen MR) is 72.7 cm³/mol. The zero-order valence-corrected chi connectivity index (χ0v) is 11.8. The molecule has 6 nitrogen and oxygen atoms in total. The Labute approximate surface area is 117 Å². The molecule has 2 aromatic heterocycles. The third kappa shape index (κ3) is 3.14. The van der Waals surface area contributed by atoms with Crippen molar-refractivity contribution in [2.24, 2.45) is 7.05 Å². The van der Waals surface area contributed by atoms with E-state index in [9.17, 15) is 4.79 Å². The molecule has 20 heavy (non-hydrogen) atoms. The van der Waals surface area contributed by atoms with Gasteiger partial charge in [0.05, 0.1) is 11.9 Å². The summed E-state index contributed by atoms with van der Waals surface area (Å²) >= 11 is 0. The van der Waals surface area contributed by atoms with Crippen LogP contribution in [0.15, 0.2) is 24.5 Å². The molecule has 2 rings (SSSR count). The van der Waals surface area contributed by atoms with E-state index in [-0.39, 0.29) is 19.2 Å². The Hall–Kier alpha value is -2.37. The van der Waals surface area contributed by atoms with Gasteiger partial charge in [-0.1, -0.05) is 0 Å². The normalized spacial score (nSPS) is 10.3. The van der Waals surface area contributed by atoms with Crippen molar-refractivity contribution in [3.63, 3.8) is 0 Å². The van der Waals surface area contributed by atoms with Crippen molar-refractivity contribution >= 4 is 5.97 Å². The topological polar surface area (TPSA) is 66.2 Å². The van der Waals surface area contributed by atoms with Crippen LogP contribution in [0, 0.1) is 13.8 Å². The molecule has 0 spiro atoms. The van der Waals surface area contributed by atoms with Gasteiger partial charge in [0.2, 0.25) is 0 Å². The first-order valence-corrected chi connectivity index (χ1v) is 6.29. The molecule has 0 bridgehead atoms. The number of aryl methyl sites for hydroxylation is 2. The first-order chi connectivity index (χ1) is 9.59. The van der Waals surface area contributed by atoms with Gasteiger partial charge in [0.1, 0.15) is 24.5 Å². The van der Waals surface area contributed by atoms with Crippen LogP contribution in [0.3, 0.4) is 0 Å². The Kier molecular flexibility index (Phi) is 4.34. The van der Waals surface area contributed by atoms with Gasteiger partial charge in [-0.15, -0.1) is 0 Å². The summed E-state index contributed by atoms with van der Waals surface area (Å²) in [5, 5.41) is 4.18. The second-order valence-corrected chi connectivity index (χ2v) is 4.34. The van der Waals surface area contributed by atoms with Crippen LogP contribution >= 0.6 is 0 Å². The van der Waals surface area contributed by atoms with E-state index in [0.29, 0.717) is 17.0 Å². The maximum atomic E-state index is 12.0. The van der Waals surface area contributed by atoms with Crippen molar-refractivity contribution < 1.29 is 14.3 Å². The molecule has 2 heterocycles. The average Bonchev–Trinajstić information content (AvgIpc) is 2.69. The molecule has 2 aromatic rings. The van der Waals surface area contributed by atoms with Crippen LogP contribution in [-0.2, 0) is 11.8 Å². The van der Waals surface area contributed by atoms with Gasteiger partial charge in [0.15, 0.2) is 0 Å². The van der Waals surface area contributed by atoms with Gasteiger partial charge in [-0.3, -0.25) is 9.67 Å². The quantitative estimate of drug-likeness (QED) is 0.613. The van der Waals surface area contributed by atoms with Crippen LogP contribution in [0.25, 0.3) is 0 Å².